The maximum Gasteiger partial charge on any atom is 0.246 e. The van der Waals surface area contributed by atoms with Crippen LogP contribution in [0.4, 0.5) is 5.69 Å². The highest BCUT2D eigenvalue weighted by atomic mass is 16.5. The third-order valence-electron chi connectivity index (χ3n) is 8.92. The number of amides is 3. The van der Waals surface area contributed by atoms with Crippen molar-refractivity contribution < 1.29 is 23.9 Å². The van der Waals surface area contributed by atoms with Crippen LogP contribution >= 0.6 is 0 Å². The topological polar surface area (TPSA) is 97.0 Å². The third kappa shape index (κ3) is 5.25. The molecule has 8 heteroatoms. The van der Waals surface area contributed by atoms with Gasteiger partial charge in [0.1, 0.15) is 23.1 Å². The van der Waals surface area contributed by atoms with E-state index in [1.807, 2.05) is 42.5 Å². The maximum atomic E-state index is 14.0. The molecule has 3 aliphatic heterocycles. The first-order chi connectivity index (χ1) is 19.9. The van der Waals surface area contributed by atoms with Crippen molar-refractivity contribution in [2.24, 2.45) is 17.8 Å². The zero-order valence-electron chi connectivity index (χ0n) is 23.8. The predicted molar refractivity (Wildman–Crippen MR) is 155 cm³/mol. The van der Waals surface area contributed by atoms with Crippen molar-refractivity contribution in [2.75, 3.05) is 11.9 Å². The Hall–Kier alpha value is -3.65. The van der Waals surface area contributed by atoms with Crippen LogP contribution in [0, 0.1) is 17.8 Å². The summed E-state index contributed by atoms with van der Waals surface area (Å²) >= 11 is 0. The van der Waals surface area contributed by atoms with Gasteiger partial charge in [0, 0.05) is 18.3 Å². The third-order valence-corrected chi connectivity index (χ3v) is 8.92. The summed E-state index contributed by atoms with van der Waals surface area (Å²) in [6, 6.07) is 16.0. The van der Waals surface area contributed by atoms with Crippen molar-refractivity contribution in [3.05, 3.63) is 66.7 Å². The lowest BCUT2D eigenvalue weighted by Gasteiger charge is -2.34. The summed E-state index contributed by atoms with van der Waals surface area (Å²) in [5, 5.41) is 6.22. The number of carbonyl (C=O) groups is 3. The lowest BCUT2D eigenvalue weighted by atomic mass is 9.74. The zero-order chi connectivity index (χ0) is 28.6. The van der Waals surface area contributed by atoms with Crippen molar-refractivity contribution in [2.45, 2.75) is 76.2 Å². The average molecular weight is 558 g/mol. The Balaban J connectivity index is 1.20. The molecule has 2 N–H and O–H groups in total. The Bertz CT molecular complexity index is 1300. The van der Waals surface area contributed by atoms with E-state index < -0.39 is 29.6 Å². The fourth-order valence-corrected chi connectivity index (χ4v) is 6.89. The summed E-state index contributed by atoms with van der Waals surface area (Å²) in [5.74, 6) is -0.349. The molecular weight excluding hydrogens is 518 g/mol. The molecule has 2 aromatic carbocycles. The fraction of sp³-hybridized carbons (Fsp3) is 0.485. The Morgan fingerprint density at radius 2 is 1.71 bits per heavy atom. The van der Waals surface area contributed by atoms with Gasteiger partial charge in [-0.3, -0.25) is 14.4 Å². The van der Waals surface area contributed by atoms with Crippen molar-refractivity contribution >= 4 is 23.4 Å². The molecule has 3 fully saturated rings. The highest BCUT2D eigenvalue weighted by Gasteiger charge is 2.72. The van der Waals surface area contributed by atoms with E-state index in [-0.39, 0.29) is 23.8 Å². The number of fused-ring (bicyclic) bond motifs is 1. The van der Waals surface area contributed by atoms with E-state index in [0.29, 0.717) is 23.9 Å². The molecule has 3 heterocycles. The second-order valence-corrected chi connectivity index (χ2v) is 12.2. The molecule has 2 saturated heterocycles. The number of para-hydroxylation sites is 1. The normalized spacial score (nSPS) is 28.7. The molecule has 3 unspecified atom stereocenters. The van der Waals surface area contributed by atoms with Crippen molar-refractivity contribution in [3.63, 3.8) is 0 Å². The van der Waals surface area contributed by atoms with Gasteiger partial charge in [-0.15, -0.1) is 0 Å². The first kappa shape index (κ1) is 27.5. The van der Waals surface area contributed by atoms with E-state index in [2.05, 4.69) is 24.5 Å². The molecule has 5 atom stereocenters. The molecular formula is C33H39N3O5. The summed E-state index contributed by atoms with van der Waals surface area (Å²) < 4.78 is 12.3. The van der Waals surface area contributed by atoms with Gasteiger partial charge in [-0.05, 0) is 61.6 Å². The summed E-state index contributed by atoms with van der Waals surface area (Å²) in [5.41, 5.74) is -0.530. The molecule has 2 aromatic rings. The predicted octanol–water partition coefficient (Wildman–Crippen LogP) is 5.06. The van der Waals surface area contributed by atoms with E-state index in [1.165, 1.54) is 6.42 Å². The largest absolute Gasteiger partial charge is 0.457 e. The number of benzene rings is 2. The number of nitrogens with zero attached hydrogens (tertiary/aromatic N) is 1. The number of rotatable bonds is 9. The number of likely N-dealkylation sites (tertiary alicyclic amines) is 1. The standard InChI is InChI=1S/C33H39N3O5/c1-21(2)18-20-36-29(31(38)35-22-9-5-3-6-10-22)33-19-17-26(41-33)27(28(33)32(36)39)30(37)34-23-13-15-25(16-14-23)40-24-11-7-4-8-12-24/h4,7-8,11-17,19,21-22,26-29H,3,5-6,9-10,18,20H2,1-2H3,(H,34,37)(H,35,38)/t26-,27?,28-,29?,33?/m1/s1. The molecule has 3 amide bonds. The Morgan fingerprint density at radius 3 is 2.41 bits per heavy atom. The van der Waals surface area contributed by atoms with Crippen LogP contribution in [0.1, 0.15) is 52.4 Å². The number of hydrogen-bond donors (Lipinski definition) is 2. The molecule has 8 nitrogen and oxygen atoms in total. The molecule has 2 bridgehead atoms. The molecule has 216 valence electrons. The van der Waals surface area contributed by atoms with Gasteiger partial charge in [0.15, 0.2) is 0 Å². The number of nitrogens with one attached hydrogen (secondary N) is 2. The quantitative estimate of drug-likeness (QED) is 0.420. The van der Waals surface area contributed by atoms with E-state index >= 15 is 0 Å². The lowest BCUT2D eigenvalue weighted by molar-refractivity contribution is -0.141. The Morgan fingerprint density at radius 1 is 1.00 bits per heavy atom. The van der Waals surface area contributed by atoms with Gasteiger partial charge in [0.2, 0.25) is 17.7 Å². The molecule has 1 aliphatic carbocycles. The van der Waals surface area contributed by atoms with Crippen LogP contribution in [0.5, 0.6) is 11.5 Å². The average Bonchev–Trinajstić information content (AvgIpc) is 3.61. The Kier molecular flexibility index (Phi) is 7.60. The van der Waals surface area contributed by atoms with Gasteiger partial charge in [-0.25, -0.2) is 0 Å². The number of hydrogen-bond acceptors (Lipinski definition) is 5. The van der Waals surface area contributed by atoms with Crippen molar-refractivity contribution in [3.8, 4) is 11.5 Å². The van der Waals surface area contributed by atoms with Crippen molar-refractivity contribution in [1.82, 2.24) is 10.2 Å². The molecule has 1 saturated carbocycles. The van der Waals surface area contributed by atoms with Gasteiger partial charge < -0.3 is 25.0 Å². The lowest BCUT2D eigenvalue weighted by Crippen LogP contribution is -2.56. The minimum atomic E-state index is -1.13. The molecule has 41 heavy (non-hydrogen) atoms. The van der Waals surface area contributed by atoms with E-state index in [9.17, 15) is 14.4 Å². The molecule has 6 rings (SSSR count). The highest BCUT2D eigenvalue weighted by molar-refractivity contribution is 6.02. The van der Waals surface area contributed by atoms with Crippen LogP contribution in [0.15, 0.2) is 66.7 Å². The minimum Gasteiger partial charge on any atom is -0.457 e. The summed E-state index contributed by atoms with van der Waals surface area (Å²) in [6.07, 6.45) is 9.23. The summed E-state index contributed by atoms with van der Waals surface area (Å²) in [7, 11) is 0. The minimum absolute atomic E-state index is 0.115. The smallest absolute Gasteiger partial charge is 0.246 e. The SMILES string of the molecule is CC(C)CCN1C(=O)[C@H]2C(C(=O)Nc3ccc(Oc4ccccc4)cc3)[C@H]3C=CC2(O3)C1C(=O)NC1CCCCC1. The molecule has 0 aromatic heterocycles. The molecule has 4 aliphatic rings. The molecule has 0 radical (unpaired) electrons. The van der Waals surface area contributed by atoms with Gasteiger partial charge in [0.25, 0.3) is 0 Å². The zero-order valence-corrected chi connectivity index (χ0v) is 23.8. The summed E-state index contributed by atoms with van der Waals surface area (Å²) in [6.45, 7) is 4.66. The van der Waals surface area contributed by atoms with Gasteiger partial charge >= 0.3 is 0 Å². The summed E-state index contributed by atoms with van der Waals surface area (Å²) in [4.78, 5) is 43.2. The number of carbonyl (C=O) groups excluding carboxylic acids is 3. The monoisotopic (exact) mass is 557 g/mol. The first-order valence-electron chi connectivity index (χ1n) is 15.0. The van der Waals surface area contributed by atoms with Crippen LogP contribution < -0.4 is 15.4 Å². The van der Waals surface area contributed by atoms with E-state index in [4.69, 9.17) is 9.47 Å². The van der Waals surface area contributed by atoms with Gasteiger partial charge in [-0.2, -0.15) is 0 Å². The van der Waals surface area contributed by atoms with Crippen LogP contribution in [0.2, 0.25) is 0 Å². The number of ether oxygens (including phenoxy) is 2. The van der Waals surface area contributed by atoms with E-state index in [1.54, 1.807) is 29.2 Å². The van der Waals surface area contributed by atoms with Crippen LogP contribution in [0.25, 0.3) is 0 Å². The first-order valence-corrected chi connectivity index (χ1v) is 15.0. The van der Waals surface area contributed by atoms with E-state index in [0.717, 1.165) is 37.9 Å². The molecule has 1 spiro atoms. The van der Waals surface area contributed by atoms with Crippen LogP contribution in [-0.4, -0.2) is 53.0 Å². The second kappa shape index (κ2) is 11.3. The van der Waals surface area contributed by atoms with Crippen molar-refractivity contribution in [1.29, 1.82) is 0 Å². The van der Waals surface area contributed by atoms with Crippen LogP contribution in [0.3, 0.4) is 0 Å². The maximum absolute atomic E-state index is 14.0. The highest BCUT2D eigenvalue weighted by Crippen LogP contribution is 2.55. The van der Waals surface area contributed by atoms with Gasteiger partial charge in [-0.1, -0.05) is 63.5 Å². The number of anilines is 1. The van der Waals surface area contributed by atoms with Crippen LogP contribution in [-0.2, 0) is 19.1 Å². The van der Waals surface area contributed by atoms with Gasteiger partial charge in [0.05, 0.1) is 17.9 Å². The fourth-order valence-electron chi connectivity index (χ4n) is 6.89. The Labute approximate surface area is 241 Å². The second-order valence-electron chi connectivity index (χ2n) is 12.2.